The van der Waals surface area contributed by atoms with Crippen molar-refractivity contribution in [3.8, 4) is 0 Å². The van der Waals surface area contributed by atoms with E-state index in [9.17, 15) is 0 Å². The van der Waals surface area contributed by atoms with Gasteiger partial charge in [0.05, 0.1) is 12.7 Å². The Hall–Kier alpha value is -1.27. The van der Waals surface area contributed by atoms with E-state index in [1.54, 1.807) is 17.5 Å². The average molecular weight is 330 g/mol. The standard InChI is InChI=1S/C18H22N2O2S/c1-3-14(9-19-6-1)12-22-17-11-20(10-15-5-8-23-13-15)16-4-2-7-21-18(16)17/h1,3,5-6,8-9,13,16-18H,2,4,7,10-12H2/t16-,17+,18+/m1/s1. The van der Waals surface area contributed by atoms with E-state index >= 15 is 0 Å². The molecule has 0 aromatic carbocycles. The first-order valence-electron chi connectivity index (χ1n) is 8.27. The van der Waals surface area contributed by atoms with Crippen molar-refractivity contribution in [2.45, 2.75) is 44.2 Å². The fourth-order valence-electron chi connectivity index (χ4n) is 3.64. The summed E-state index contributed by atoms with van der Waals surface area (Å²) in [6.07, 6.45) is 6.38. The third kappa shape index (κ3) is 3.48. The summed E-state index contributed by atoms with van der Waals surface area (Å²) in [6.45, 7) is 3.42. The maximum atomic E-state index is 6.20. The molecule has 4 nitrogen and oxygen atoms in total. The third-order valence-corrected chi connectivity index (χ3v) is 5.47. The van der Waals surface area contributed by atoms with Gasteiger partial charge in [-0.3, -0.25) is 9.88 Å². The number of likely N-dealkylation sites (tertiary alicyclic amines) is 1. The summed E-state index contributed by atoms with van der Waals surface area (Å²) < 4.78 is 12.3. The number of pyridine rings is 1. The number of hydrogen-bond donors (Lipinski definition) is 0. The van der Waals surface area contributed by atoms with Gasteiger partial charge in [-0.25, -0.2) is 0 Å². The molecule has 0 N–H and O–H groups in total. The molecule has 0 amide bonds. The lowest BCUT2D eigenvalue weighted by Gasteiger charge is -2.32. The van der Waals surface area contributed by atoms with Crippen LogP contribution in [0.3, 0.4) is 0 Å². The molecule has 0 bridgehead atoms. The van der Waals surface area contributed by atoms with Crippen molar-refractivity contribution in [2.24, 2.45) is 0 Å². The van der Waals surface area contributed by atoms with Crippen molar-refractivity contribution in [3.63, 3.8) is 0 Å². The minimum absolute atomic E-state index is 0.152. The monoisotopic (exact) mass is 330 g/mol. The molecule has 0 spiro atoms. The molecule has 122 valence electrons. The van der Waals surface area contributed by atoms with Gasteiger partial charge < -0.3 is 9.47 Å². The van der Waals surface area contributed by atoms with E-state index in [-0.39, 0.29) is 12.2 Å². The average Bonchev–Trinajstić information content (AvgIpc) is 3.23. The van der Waals surface area contributed by atoms with E-state index in [0.717, 1.165) is 31.7 Å². The summed E-state index contributed by atoms with van der Waals surface area (Å²) in [5.41, 5.74) is 2.52. The van der Waals surface area contributed by atoms with Crippen molar-refractivity contribution in [1.82, 2.24) is 9.88 Å². The normalized spacial score (nSPS) is 27.9. The van der Waals surface area contributed by atoms with Crippen molar-refractivity contribution >= 4 is 11.3 Å². The maximum absolute atomic E-state index is 6.20. The van der Waals surface area contributed by atoms with Crippen LogP contribution in [0.2, 0.25) is 0 Å². The third-order valence-electron chi connectivity index (χ3n) is 4.74. The van der Waals surface area contributed by atoms with Gasteiger partial charge in [0.2, 0.25) is 0 Å². The van der Waals surface area contributed by atoms with E-state index in [1.165, 1.54) is 12.0 Å². The Bertz CT molecular complexity index is 605. The van der Waals surface area contributed by atoms with Gasteiger partial charge in [0.1, 0.15) is 6.10 Å². The van der Waals surface area contributed by atoms with Gasteiger partial charge in [0.15, 0.2) is 0 Å². The molecule has 23 heavy (non-hydrogen) atoms. The lowest BCUT2D eigenvalue weighted by Crippen LogP contribution is -2.41. The number of nitrogens with zero attached hydrogens (tertiary/aromatic N) is 2. The van der Waals surface area contributed by atoms with E-state index in [4.69, 9.17) is 9.47 Å². The fraction of sp³-hybridized carbons (Fsp3) is 0.500. The van der Waals surface area contributed by atoms with E-state index in [0.29, 0.717) is 12.6 Å². The molecular weight excluding hydrogens is 308 g/mol. The highest BCUT2D eigenvalue weighted by Crippen LogP contribution is 2.32. The largest absolute Gasteiger partial charge is 0.374 e. The van der Waals surface area contributed by atoms with Gasteiger partial charge >= 0.3 is 0 Å². The summed E-state index contributed by atoms with van der Waals surface area (Å²) >= 11 is 1.76. The van der Waals surface area contributed by atoms with Crippen LogP contribution in [0, 0.1) is 0 Å². The summed E-state index contributed by atoms with van der Waals surface area (Å²) in [4.78, 5) is 6.70. The number of hydrogen-bond acceptors (Lipinski definition) is 5. The van der Waals surface area contributed by atoms with Crippen LogP contribution in [0.15, 0.2) is 41.4 Å². The van der Waals surface area contributed by atoms with Crippen LogP contribution < -0.4 is 0 Å². The molecule has 5 heteroatoms. The Kier molecular flexibility index (Phi) is 4.71. The van der Waals surface area contributed by atoms with Gasteiger partial charge in [-0.15, -0.1) is 0 Å². The van der Waals surface area contributed by atoms with Crippen LogP contribution in [0.25, 0.3) is 0 Å². The molecule has 0 radical (unpaired) electrons. The zero-order chi connectivity index (χ0) is 15.5. The van der Waals surface area contributed by atoms with Gasteiger partial charge in [-0.2, -0.15) is 11.3 Å². The molecule has 4 heterocycles. The van der Waals surface area contributed by atoms with E-state index in [2.05, 4.69) is 32.8 Å². The van der Waals surface area contributed by atoms with Crippen LogP contribution in [0.4, 0.5) is 0 Å². The van der Waals surface area contributed by atoms with Crippen LogP contribution in [0.1, 0.15) is 24.0 Å². The zero-order valence-electron chi connectivity index (χ0n) is 13.1. The summed E-state index contributed by atoms with van der Waals surface area (Å²) in [6, 6.07) is 6.72. The minimum atomic E-state index is 0.152. The molecule has 2 aliphatic heterocycles. The van der Waals surface area contributed by atoms with Gasteiger partial charge in [0, 0.05) is 38.1 Å². The first kappa shape index (κ1) is 15.3. The Morgan fingerprint density at radius 1 is 1.35 bits per heavy atom. The summed E-state index contributed by atoms with van der Waals surface area (Å²) in [7, 11) is 0. The first-order chi connectivity index (χ1) is 11.4. The number of ether oxygens (including phenoxy) is 2. The highest BCUT2D eigenvalue weighted by atomic mass is 32.1. The lowest BCUT2D eigenvalue weighted by molar-refractivity contribution is -0.0819. The molecule has 0 aliphatic carbocycles. The fourth-order valence-corrected chi connectivity index (χ4v) is 4.30. The molecule has 2 aliphatic rings. The van der Waals surface area contributed by atoms with Crippen LogP contribution >= 0.6 is 11.3 Å². The smallest absolute Gasteiger partial charge is 0.100 e. The Morgan fingerprint density at radius 2 is 2.35 bits per heavy atom. The quantitative estimate of drug-likeness (QED) is 0.844. The predicted octanol–water partition coefficient (Wildman–Crippen LogP) is 3.09. The second-order valence-corrected chi connectivity index (χ2v) is 7.10. The second kappa shape index (κ2) is 7.09. The van der Waals surface area contributed by atoms with Gasteiger partial charge in [0.25, 0.3) is 0 Å². The van der Waals surface area contributed by atoms with E-state index in [1.807, 2.05) is 12.3 Å². The molecule has 2 aromatic rings. The number of fused-ring (bicyclic) bond motifs is 1. The topological polar surface area (TPSA) is 34.6 Å². The Morgan fingerprint density at radius 3 is 3.17 bits per heavy atom. The van der Waals surface area contributed by atoms with Crippen molar-refractivity contribution in [1.29, 1.82) is 0 Å². The first-order valence-corrected chi connectivity index (χ1v) is 9.21. The van der Waals surface area contributed by atoms with Gasteiger partial charge in [-0.05, 0) is 46.9 Å². The highest BCUT2D eigenvalue weighted by Gasteiger charge is 2.44. The molecule has 2 saturated heterocycles. The number of aromatic nitrogens is 1. The molecule has 3 atom stereocenters. The number of rotatable bonds is 5. The van der Waals surface area contributed by atoms with Crippen LogP contribution in [-0.2, 0) is 22.6 Å². The van der Waals surface area contributed by atoms with Crippen molar-refractivity contribution in [2.75, 3.05) is 13.2 Å². The Labute approximate surface area is 141 Å². The molecule has 0 saturated carbocycles. The minimum Gasteiger partial charge on any atom is -0.374 e. The second-order valence-electron chi connectivity index (χ2n) is 6.32. The van der Waals surface area contributed by atoms with Crippen molar-refractivity contribution in [3.05, 3.63) is 52.5 Å². The maximum Gasteiger partial charge on any atom is 0.100 e. The van der Waals surface area contributed by atoms with E-state index < -0.39 is 0 Å². The van der Waals surface area contributed by atoms with Gasteiger partial charge in [-0.1, -0.05) is 6.07 Å². The lowest BCUT2D eigenvalue weighted by atomic mass is 10.0. The predicted molar refractivity (Wildman–Crippen MR) is 90.3 cm³/mol. The van der Waals surface area contributed by atoms with Crippen molar-refractivity contribution < 1.29 is 9.47 Å². The molecular formula is C18H22N2O2S. The molecule has 0 unspecified atom stereocenters. The molecule has 2 fully saturated rings. The molecule has 4 rings (SSSR count). The molecule has 2 aromatic heterocycles. The summed E-state index contributed by atoms with van der Waals surface area (Å²) in [5, 5.41) is 4.39. The Balaban J connectivity index is 1.42. The summed E-state index contributed by atoms with van der Waals surface area (Å²) in [5.74, 6) is 0. The zero-order valence-corrected chi connectivity index (χ0v) is 14.0. The van der Waals surface area contributed by atoms with Crippen LogP contribution in [0.5, 0.6) is 0 Å². The highest BCUT2D eigenvalue weighted by molar-refractivity contribution is 7.07. The SMILES string of the molecule is c1cncc(CO[C@H]2CN(Cc3ccsc3)[C@@H]3CCCO[C@H]23)c1. The number of thiophene rings is 1. The van der Waals surface area contributed by atoms with Crippen LogP contribution in [-0.4, -0.2) is 41.3 Å².